The highest BCUT2D eigenvalue weighted by atomic mass is 15.1. The summed E-state index contributed by atoms with van der Waals surface area (Å²) in [6.45, 7) is 5.16. The summed E-state index contributed by atoms with van der Waals surface area (Å²) >= 11 is 0. The van der Waals surface area contributed by atoms with E-state index in [-0.39, 0.29) is 56.5 Å². The highest BCUT2D eigenvalue weighted by Gasteiger charge is 2.30. The minimum absolute atomic E-state index is 0.102. The first kappa shape index (κ1) is 23.1. The van der Waals surface area contributed by atoms with Crippen LogP contribution < -0.4 is 5.32 Å². The van der Waals surface area contributed by atoms with Crippen molar-refractivity contribution >= 4 is 39.5 Å². The Morgan fingerprint density at radius 1 is 0.971 bits per heavy atom. The van der Waals surface area contributed by atoms with Gasteiger partial charge in [-0.1, -0.05) is 12.5 Å². The van der Waals surface area contributed by atoms with Crippen LogP contribution in [0.4, 0.5) is 17.1 Å². The second kappa shape index (κ2) is 9.25. The molecule has 0 bridgehead atoms. The van der Waals surface area contributed by atoms with Crippen molar-refractivity contribution < 1.29 is 0 Å². The van der Waals surface area contributed by atoms with Gasteiger partial charge in [-0.25, -0.2) is 20.0 Å². The lowest BCUT2D eigenvalue weighted by atomic mass is 10.0. The Morgan fingerprint density at radius 3 is 2.12 bits per heavy atom. The molecule has 0 radical (unpaired) electrons. The van der Waals surface area contributed by atoms with Crippen LogP contribution >= 0.6 is 0 Å². The first-order valence-corrected chi connectivity index (χ1v) is 9.81. The van der Waals surface area contributed by atoms with Crippen LogP contribution in [0.25, 0.3) is 11.0 Å². The third-order valence-corrected chi connectivity index (χ3v) is 5.19. The van der Waals surface area contributed by atoms with Gasteiger partial charge in [-0.05, 0) is 20.3 Å². The number of nitrogens with zero attached hydrogens (tertiary/aromatic N) is 10. The van der Waals surface area contributed by atoms with E-state index in [9.17, 15) is 31.6 Å². The standard InChI is InChI=1S/C23H13N11/c1-4-11(2)13(5-24)14(6-25)30-19-12(3)20-22(32-16(8-27)15(7-26)31-20)23-21(19)33-17(9-28)18(10-29)34-23/h18,34H,4H2,1-3H3/b13-11+,30-14?. The molecule has 0 aliphatic carbocycles. The third kappa shape index (κ3) is 3.63. The average Bonchev–Trinajstić information content (AvgIpc) is 2.88. The van der Waals surface area contributed by atoms with E-state index in [2.05, 4.69) is 25.3 Å². The van der Waals surface area contributed by atoms with Gasteiger partial charge in [-0.3, -0.25) is 0 Å². The second-order valence-corrected chi connectivity index (χ2v) is 7.05. The van der Waals surface area contributed by atoms with E-state index < -0.39 is 6.04 Å². The van der Waals surface area contributed by atoms with Crippen molar-refractivity contribution in [3.63, 3.8) is 0 Å². The van der Waals surface area contributed by atoms with Crippen molar-refractivity contribution in [1.82, 2.24) is 9.97 Å². The highest BCUT2D eigenvalue weighted by molar-refractivity contribution is 6.18. The maximum atomic E-state index is 9.75. The lowest BCUT2D eigenvalue weighted by Crippen LogP contribution is -2.29. The van der Waals surface area contributed by atoms with Crippen LogP contribution in [0, 0.1) is 74.9 Å². The zero-order chi connectivity index (χ0) is 25.0. The molecular weight excluding hydrogens is 430 g/mol. The Bertz CT molecular complexity index is 1600. The molecule has 1 aromatic heterocycles. The molecule has 2 aromatic rings. The van der Waals surface area contributed by atoms with Gasteiger partial charge in [-0.15, -0.1) is 0 Å². The molecule has 160 valence electrons. The lowest BCUT2D eigenvalue weighted by molar-refractivity contribution is 1.09. The van der Waals surface area contributed by atoms with Gasteiger partial charge >= 0.3 is 0 Å². The number of benzene rings is 1. The second-order valence-electron chi connectivity index (χ2n) is 7.05. The van der Waals surface area contributed by atoms with E-state index >= 15 is 0 Å². The average molecular weight is 443 g/mol. The van der Waals surface area contributed by atoms with Crippen molar-refractivity contribution in [1.29, 1.82) is 31.6 Å². The van der Waals surface area contributed by atoms with E-state index in [4.69, 9.17) is 0 Å². The number of aromatic nitrogens is 2. The number of fused-ring (bicyclic) bond motifs is 3. The summed E-state index contributed by atoms with van der Waals surface area (Å²) in [6.07, 6.45) is 0.522. The summed E-state index contributed by atoms with van der Waals surface area (Å²) in [6, 6.07) is 10.3. The largest absolute Gasteiger partial charge is 0.361 e. The van der Waals surface area contributed by atoms with Gasteiger partial charge in [0.1, 0.15) is 41.6 Å². The number of anilines is 1. The van der Waals surface area contributed by atoms with E-state index in [1.54, 1.807) is 13.8 Å². The summed E-state index contributed by atoms with van der Waals surface area (Å²) < 4.78 is 0. The van der Waals surface area contributed by atoms with Crippen molar-refractivity contribution in [2.45, 2.75) is 33.2 Å². The SMILES string of the molecule is CC/C(C)=C(\C#N)C(C#N)=Nc1c2c(c3nc(C#N)c(C#N)nc3c1C)NC(C#N)C(C#N)=N2. The van der Waals surface area contributed by atoms with Gasteiger partial charge in [0, 0.05) is 5.56 Å². The molecule has 1 aliphatic rings. The smallest absolute Gasteiger partial charge is 0.177 e. The zero-order valence-corrected chi connectivity index (χ0v) is 18.3. The molecule has 11 heteroatoms. The molecular formula is C23H13N11. The predicted octanol–water partition coefficient (Wildman–Crippen LogP) is 3.44. The molecule has 1 aliphatic heterocycles. The fourth-order valence-electron chi connectivity index (χ4n) is 3.29. The minimum Gasteiger partial charge on any atom is -0.361 e. The monoisotopic (exact) mass is 443 g/mol. The Balaban J connectivity index is 2.56. The Labute approximate surface area is 194 Å². The number of rotatable bonds is 3. The van der Waals surface area contributed by atoms with E-state index in [1.165, 1.54) is 0 Å². The first-order chi connectivity index (χ1) is 16.4. The van der Waals surface area contributed by atoms with Crippen molar-refractivity contribution in [2.75, 3.05) is 5.32 Å². The molecule has 2 heterocycles. The van der Waals surface area contributed by atoms with Crippen molar-refractivity contribution in [2.24, 2.45) is 9.98 Å². The van der Waals surface area contributed by atoms with Gasteiger partial charge in [0.25, 0.3) is 0 Å². The van der Waals surface area contributed by atoms with Crippen LogP contribution in [0.5, 0.6) is 0 Å². The number of nitriles is 6. The summed E-state index contributed by atoms with van der Waals surface area (Å²) in [7, 11) is 0. The van der Waals surface area contributed by atoms with Crippen molar-refractivity contribution in [3.05, 3.63) is 28.1 Å². The number of hydrogen-bond acceptors (Lipinski definition) is 11. The fraction of sp³-hybridized carbons (Fsp3) is 0.217. The molecule has 1 atom stereocenters. The van der Waals surface area contributed by atoms with Crippen LogP contribution in [0.1, 0.15) is 37.2 Å². The molecule has 11 nitrogen and oxygen atoms in total. The third-order valence-electron chi connectivity index (χ3n) is 5.19. The van der Waals surface area contributed by atoms with Crippen molar-refractivity contribution in [3.8, 4) is 36.4 Å². The van der Waals surface area contributed by atoms with Gasteiger partial charge in [-0.2, -0.15) is 31.6 Å². The summed E-state index contributed by atoms with van der Waals surface area (Å²) in [5.74, 6) is 0. The van der Waals surface area contributed by atoms with Gasteiger partial charge in [0.05, 0.1) is 28.5 Å². The maximum Gasteiger partial charge on any atom is 0.177 e. The molecule has 34 heavy (non-hydrogen) atoms. The van der Waals surface area contributed by atoms with Crippen LogP contribution in [0.2, 0.25) is 0 Å². The number of nitrogens with one attached hydrogen (secondary N) is 1. The molecule has 3 rings (SSSR count). The van der Waals surface area contributed by atoms with Crippen LogP contribution in [-0.2, 0) is 0 Å². The maximum absolute atomic E-state index is 9.75. The van der Waals surface area contributed by atoms with Gasteiger partial charge in [0.15, 0.2) is 28.9 Å². The summed E-state index contributed by atoms with van der Waals surface area (Å²) in [4.78, 5) is 17.2. The molecule has 0 spiro atoms. The molecule has 1 N–H and O–H groups in total. The molecule has 0 saturated carbocycles. The van der Waals surface area contributed by atoms with Gasteiger partial charge in [0.2, 0.25) is 0 Å². The zero-order valence-electron chi connectivity index (χ0n) is 18.3. The lowest BCUT2D eigenvalue weighted by Gasteiger charge is -2.23. The quantitative estimate of drug-likeness (QED) is 0.543. The van der Waals surface area contributed by atoms with Crippen LogP contribution in [0.15, 0.2) is 21.1 Å². The summed E-state index contributed by atoms with van der Waals surface area (Å²) in [5, 5.41) is 60.0. The van der Waals surface area contributed by atoms with E-state index in [1.807, 2.05) is 43.3 Å². The Hall–Kier alpha value is -5.62. The molecule has 0 saturated heterocycles. The normalized spacial score (nSPS) is 15.0. The summed E-state index contributed by atoms with van der Waals surface area (Å²) in [5.41, 5.74) is 1.15. The minimum atomic E-state index is -1.10. The molecule has 1 aromatic carbocycles. The predicted molar refractivity (Wildman–Crippen MR) is 121 cm³/mol. The number of allylic oxidation sites excluding steroid dienone is 2. The number of hydrogen-bond donors (Lipinski definition) is 1. The first-order valence-electron chi connectivity index (χ1n) is 9.81. The number of aryl methyl sites for hydroxylation is 1. The molecule has 0 amide bonds. The Kier molecular flexibility index (Phi) is 6.27. The number of aliphatic imine (C=N–C) groups is 2. The van der Waals surface area contributed by atoms with Crippen LogP contribution in [-0.4, -0.2) is 27.4 Å². The van der Waals surface area contributed by atoms with Gasteiger partial charge < -0.3 is 5.32 Å². The molecule has 1 unspecified atom stereocenters. The van der Waals surface area contributed by atoms with Crippen LogP contribution in [0.3, 0.4) is 0 Å². The Morgan fingerprint density at radius 2 is 1.62 bits per heavy atom. The topological polar surface area (TPSA) is 205 Å². The van der Waals surface area contributed by atoms with E-state index in [0.717, 1.165) is 0 Å². The molecule has 0 fully saturated rings. The van der Waals surface area contributed by atoms with E-state index in [0.29, 0.717) is 17.6 Å². The highest BCUT2D eigenvalue weighted by Crippen LogP contribution is 2.46. The fourth-order valence-corrected chi connectivity index (χ4v) is 3.29.